The molecule has 2 aromatic heterocycles. The summed E-state index contributed by atoms with van der Waals surface area (Å²) in [5.74, 6) is 0. The highest BCUT2D eigenvalue weighted by atomic mass is 32.1. The lowest BCUT2D eigenvalue weighted by molar-refractivity contribution is 0.425. The summed E-state index contributed by atoms with van der Waals surface area (Å²) in [5, 5.41) is 6.62. The Morgan fingerprint density at radius 1 is 1.33 bits per heavy atom. The van der Waals surface area contributed by atoms with Crippen molar-refractivity contribution in [2.75, 3.05) is 0 Å². The van der Waals surface area contributed by atoms with Crippen LogP contribution in [0.2, 0.25) is 0 Å². The third-order valence-corrected chi connectivity index (χ3v) is 4.25. The van der Waals surface area contributed by atoms with E-state index < -0.39 is 0 Å². The number of thiazole rings is 2. The number of aryl methyl sites for hydroxylation is 1. The molecule has 2 rings (SSSR count). The largest absolute Gasteiger partial charge is 0.307 e. The van der Waals surface area contributed by atoms with Crippen molar-refractivity contribution in [3.63, 3.8) is 0 Å². The zero-order valence-electron chi connectivity index (χ0n) is 11.3. The van der Waals surface area contributed by atoms with E-state index in [-0.39, 0.29) is 5.54 Å². The molecule has 0 aliphatic heterocycles. The van der Waals surface area contributed by atoms with Crippen LogP contribution in [0.5, 0.6) is 0 Å². The monoisotopic (exact) mass is 281 g/mol. The fourth-order valence-electron chi connectivity index (χ4n) is 1.57. The minimum absolute atomic E-state index is 0.135. The molecule has 0 unspecified atom stereocenters. The van der Waals surface area contributed by atoms with Crippen LogP contribution in [0.3, 0.4) is 0 Å². The average Bonchev–Trinajstić information content (AvgIpc) is 2.94. The van der Waals surface area contributed by atoms with Crippen molar-refractivity contribution < 1.29 is 0 Å². The molecule has 5 heteroatoms. The molecule has 0 radical (unpaired) electrons. The van der Waals surface area contributed by atoms with Crippen molar-refractivity contribution in [3.05, 3.63) is 21.5 Å². The van der Waals surface area contributed by atoms with E-state index >= 15 is 0 Å². The highest BCUT2D eigenvalue weighted by Gasteiger charge is 2.15. The first-order valence-corrected chi connectivity index (χ1v) is 7.87. The SMILES string of the molecule is CCc1nc(-c2cscn2)sc1CNC(C)(C)C. The van der Waals surface area contributed by atoms with Gasteiger partial charge in [0.15, 0.2) is 0 Å². The molecule has 18 heavy (non-hydrogen) atoms. The molecule has 0 spiro atoms. The second-order valence-corrected chi connectivity index (χ2v) is 7.02. The first kappa shape index (κ1) is 13.6. The third-order valence-electron chi connectivity index (χ3n) is 2.54. The van der Waals surface area contributed by atoms with E-state index in [0.29, 0.717) is 0 Å². The Labute approximate surface area is 116 Å². The third kappa shape index (κ3) is 3.37. The Balaban J connectivity index is 2.20. The molecule has 2 aromatic rings. The summed E-state index contributed by atoms with van der Waals surface area (Å²) in [6.45, 7) is 9.58. The zero-order valence-corrected chi connectivity index (χ0v) is 12.9. The zero-order chi connectivity index (χ0) is 13.2. The van der Waals surface area contributed by atoms with Crippen molar-refractivity contribution in [3.8, 4) is 10.7 Å². The van der Waals surface area contributed by atoms with Gasteiger partial charge in [-0.2, -0.15) is 0 Å². The van der Waals surface area contributed by atoms with Crippen molar-refractivity contribution >= 4 is 22.7 Å². The smallest absolute Gasteiger partial charge is 0.143 e. The normalized spacial score (nSPS) is 12.0. The van der Waals surface area contributed by atoms with Crippen LogP contribution in [0.15, 0.2) is 10.9 Å². The number of nitrogens with one attached hydrogen (secondary N) is 1. The minimum atomic E-state index is 0.135. The standard InChI is InChI=1S/C13H19N3S2/c1-5-9-11(6-15-13(2,3)4)18-12(16-9)10-7-17-8-14-10/h7-8,15H,5-6H2,1-4H3. The maximum absolute atomic E-state index is 4.69. The number of rotatable bonds is 4. The van der Waals surface area contributed by atoms with Crippen molar-refractivity contribution in [1.82, 2.24) is 15.3 Å². The van der Waals surface area contributed by atoms with Crippen LogP contribution in [0, 0.1) is 0 Å². The lowest BCUT2D eigenvalue weighted by atomic mass is 10.1. The average molecular weight is 281 g/mol. The van der Waals surface area contributed by atoms with E-state index in [1.165, 1.54) is 10.6 Å². The lowest BCUT2D eigenvalue weighted by Gasteiger charge is -2.20. The summed E-state index contributed by atoms with van der Waals surface area (Å²) >= 11 is 3.37. The second kappa shape index (κ2) is 5.47. The van der Waals surface area contributed by atoms with Gasteiger partial charge in [-0.15, -0.1) is 22.7 Å². The lowest BCUT2D eigenvalue weighted by Crippen LogP contribution is -2.35. The van der Waals surface area contributed by atoms with Gasteiger partial charge in [-0.25, -0.2) is 9.97 Å². The Morgan fingerprint density at radius 2 is 2.11 bits per heavy atom. The predicted molar refractivity (Wildman–Crippen MR) is 79.2 cm³/mol. The van der Waals surface area contributed by atoms with Crippen LogP contribution in [0.1, 0.15) is 38.3 Å². The first-order chi connectivity index (χ1) is 8.49. The van der Waals surface area contributed by atoms with Crippen LogP contribution < -0.4 is 5.32 Å². The summed E-state index contributed by atoms with van der Waals surface area (Å²) in [5.41, 5.74) is 4.19. The van der Waals surface area contributed by atoms with Gasteiger partial charge in [-0.05, 0) is 27.2 Å². The fourth-order valence-corrected chi connectivity index (χ4v) is 3.24. The number of hydrogen-bond donors (Lipinski definition) is 1. The maximum atomic E-state index is 4.69. The molecule has 0 aromatic carbocycles. The van der Waals surface area contributed by atoms with Crippen LogP contribution in [0.25, 0.3) is 10.7 Å². The van der Waals surface area contributed by atoms with E-state index in [1.807, 2.05) is 5.51 Å². The minimum Gasteiger partial charge on any atom is -0.307 e. The van der Waals surface area contributed by atoms with Gasteiger partial charge in [0.05, 0.1) is 11.2 Å². The molecule has 0 bridgehead atoms. The molecule has 0 aliphatic rings. The van der Waals surface area contributed by atoms with Gasteiger partial charge in [-0.3, -0.25) is 0 Å². The van der Waals surface area contributed by atoms with Crippen molar-refractivity contribution in [2.45, 2.75) is 46.2 Å². The van der Waals surface area contributed by atoms with Crippen LogP contribution in [-0.4, -0.2) is 15.5 Å². The van der Waals surface area contributed by atoms with Gasteiger partial charge in [-0.1, -0.05) is 6.92 Å². The van der Waals surface area contributed by atoms with Crippen LogP contribution in [0.4, 0.5) is 0 Å². The molecule has 98 valence electrons. The van der Waals surface area contributed by atoms with Crippen LogP contribution >= 0.6 is 22.7 Å². The highest BCUT2D eigenvalue weighted by Crippen LogP contribution is 2.28. The van der Waals surface area contributed by atoms with Crippen molar-refractivity contribution in [1.29, 1.82) is 0 Å². The van der Waals surface area contributed by atoms with E-state index in [4.69, 9.17) is 4.98 Å². The molecular weight excluding hydrogens is 262 g/mol. The number of nitrogens with zero attached hydrogens (tertiary/aromatic N) is 2. The fraction of sp³-hybridized carbons (Fsp3) is 0.538. The second-order valence-electron chi connectivity index (χ2n) is 5.22. The maximum Gasteiger partial charge on any atom is 0.143 e. The molecular formula is C13H19N3S2. The molecule has 0 aliphatic carbocycles. The van der Waals surface area contributed by atoms with Crippen LogP contribution in [-0.2, 0) is 13.0 Å². The van der Waals surface area contributed by atoms with E-state index in [2.05, 4.69) is 43.4 Å². The highest BCUT2D eigenvalue weighted by molar-refractivity contribution is 7.15. The Bertz CT molecular complexity index is 495. The van der Waals surface area contributed by atoms with E-state index in [1.54, 1.807) is 22.7 Å². The summed E-state index contributed by atoms with van der Waals surface area (Å²) < 4.78 is 0. The van der Waals surface area contributed by atoms with E-state index in [0.717, 1.165) is 23.7 Å². The van der Waals surface area contributed by atoms with E-state index in [9.17, 15) is 0 Å². The Kier molecular flexibility index (Phi) is 4.14. The first-order valence-electron chi connectivity index (χ1n) is 6.12. The molecule has 0 saturated carbocycles. The molecule has 0 saturated heterocycles. The molecule has 2 heterocycles. The Morgan fingerprint density at radius 3 is 2.67 bits per heavy atom. The molecule has 0 atom stereocenters. The number of aromatic nitrogens is 2. The predicted octanol–water partition coefficient (Wildman–Crippen LogP) is 3.72. The summed E-state index contributed by atoms with van der Waals surface area (Å²) in [4.78, 5) is 10.4. The van der Waals surface area contributed by atoms with Gasteiger partial charge >= 0.3 is 0 Å². The summed E-state index contributed by atoms with van der Waals surface area (Å²) in [7, 11) is 0. The quantitative estimate of drug-likeness (QED) is 0.928. The summed E-state index contributed by atoms with van der Waals surface area (Å²) in [6.07, 6.45) is 0.974. The molecule has 0 amide bonds. The molecule has 3 nitrogen and oxygen atoms in total. The van der Waals surface area contributed by atoms with Gasteiger partial charge in [0.1, 0.15) is 10.7 Å². The molecule has 1 N–H and O–H groups in total. The van der Waals surface area contributed by atoms with Gasteiger partial charge < -0.3 is 5.32 Å². The van der Waals surface area contributed by atoms with Crippen molar-refractivity contribution in [2.24, 2.45) is 0 Å². The topological polar surface area (TPSA) is 37.8 Å². The van der Waals surface area contributed by atoms with Gasteiger partial charge in [0.25, 0.3) is 0 Å². The Hall–Kier alpha value is -0.780. The number of hydrogen-bond acceptors (Lipinski definition) is 5. The van der Waals surface area contributed by atoms with Gasteiger partial charge in [0, 0.05) is 22.3 Å². The van der Waals surface area contributed by atoms with Gasteiger partial charge in [0.2, 0.25) is 0 Å². The molecule has 0 fully saturated rings. The summed E-state index contributed by atoms with van der Waals surface area (Å²) in [6, 6.07) is 0.